The number of hydrogen-bond acceptors (Lipinski definition) is 3. The van der Waals surface area contributed by atoms with Crippen LogP contribution >= 0.6 is 0 Å². The van der Waals surface area contributed by atoms with Gasteiger partial charge in [0, 0.05) is 39.3 Å². The van der Waals surface area contributed by atoms with Crippen LogP contribution in [0.1, 0.15) is 0 Å². The van der Waals surface area contributed by atoms with Crippen molar-refractivity contribution in [1.29, 1.82) is 0 Å². The summed E-state index contributed by atoms with van der Waals surface area (Å²) in [5.41, 5.74) is 8.50. The number of carbonyl (C=O) groups excluding carboxylic acids is 1. The normalized spacial score (nSPS) is 32.0. The summed E-state index contributed by atoms with van der Waals surface area (Å²) in [6.45, 7) is 7.92. The molecule has 4 N–H and O–H groups in total. The minimum Gasteiger partial charge on any atom is -0.352 e. The number of urea groups is 1. The van der Waals surface area contributed by atoms with Crippen LogP contribution in [0.15, 0.2) is 0 Å². The number of amides is 2. The van der Waals surface area contributed by atoms with Crippen LogP contribution < -0.4 is 11.5 Å². The maximum absolute atomic E-state index is 9.00. The SMILES string of the molecule is C1CN2CCN1CC2.NC(N)=O. The highest BCUT2D eigenvalue weighted by molar-refractivity contribution is 5.69. The summed E-state index contributed by atoms with van der Waals surface area (Å²) in [5.74, 6) is 0. The first-order chi connectivity index (χ1) is 5.68. The Morgan fingerprint density at radius 1 is 0.833 bits per heavy atom. The third kappa shape index (κ3) is 3.06. The summed E-state index contributed by atoms with van der Waals surface area (Å²) in [6.07, 6.45) is 0. The second kappa shape index (κ2) is 4.27. The predicted octanol–water partition coefficient (Wildman–Crippen LogP) is -1.36. The lowest BCUT2D eigenvalue weighted by molar-refractivity contribution is 0.0647. The zero-order valence-corrected chi connectivity index (χ0v) is 7.20. The summed E-state index contributed by atoms with van der Waals surface area (Å²) >= 11 is 0. The molecule has 3 fully saturated rings. The van der Waals surface area contributed by atoms with E-state index >= 15 is 0 Å². The van der Waals surface area contributed by atoms with E-state index in [0.717, 1.165) is 0 Å². The van der Waals surface area contributed by atoms with Gasteiger partial charge in [-0.05, 0) is 0 Å². The molecule has 3 rings (SSSR count). The van der Waals surface area contributed by atoms with Gasteiger partial charge in [-0.1, -0.05) is 0 Å². The number of rotatable bonds is 0. The lowest BCUT2D eigenvalue weighted by Gasteiger charge is -2.41. The standard InChI is InChI=1S/C6H12N2.CH4N2O/c1-2-8-5-3-7(1)4-6-8;2-1(3)4/h1-6H2;(H4,2,3,4). The zero-order valence-electron chi connectivity index (χ0n) is 7.20. The average Bonchev–Trinajstić information content (AvgIpc) is 2.07. The fraction of sp³-hybridized carbons (Fsp3) is 0.857. The molecule has 0 aromatic heterocycles. The molecule has 0 saturated carbocycles. The van der Waals surface area contributed by atoms with Gasteiger partial charge in [0.05, 0.1) is 0 Å². The molecule has 3 heterocycles. The molecule has 5 nitrogen and oxygen atoms in total. The Hall–Kier alpha value is -0.810. The Balaban J connectivity index is 0.000000157. The first-order valence-electron chi connectivity index (χ1n) is 4.18. The van der Waals surface area contributed by atoms with Gasteiger partial charge in [-0.3, -0.25) is 9.80 Å². The second-order valence-corrected chi connectivity index (χ2v) is 3.09. The maximum atomic E-state index is 9.00. The van der Waals surface area contributed by atoms with Crippen LogP contribution in [0.2, 0.25) is 0 Å². The van der Waals surface area contributed by atoms with E-state index in [9.17, 15) is 0 Å². The Labute approximate surface area is 72.3 Å². The third-order valence-corrected chi connectivity index (χ3v) is 2.20. The average molecular weight is 172 g/mol. The van der Waals surface area contributed by atoms with Gasteiger partial charge >= 0.3 is 6.03 Å². The summed E-state index contributed by atoms with van der Waals surface area (Å²) in [4.78, 5) is 14.1. The molecule has 2 bridgehead atoms. The molecule has 3 aliphatic rings. The van der Waals surface area contributed by atoms with E-state index in [0.29, 0.717) is 0 Å². The van der Waals surface area contributed by atoms with Crippen molar-refractivity contribution in [2.24, 2.45) is 11.5 Å². The van der Waals surface area contributed by atoms with E-state index in [1.165, 1.54) is 39.3 Å². The topological polar surface area (TPSA) is 75.6 Å². The molecule has 3 saturated heterocycles. The molecule has 0 unspecified atom stereocenters. The van der Waals surface area contributed by atoms with E-state index in [-0.39, 0.29) is 0 Å². The van der Waals surface area contributed by atoms with Gasteiger partial charge in [-0.25, -0.2) is 4.79 Å². The molecule has 0 aromatic rings. The minimum atomic E-state index is -0.833. The quantitative estimate of drug-likeness (QED) is 0.474. The molecule has 3 aliphatic heterocycles. The zero-order chi connectivity index (χ0) is 8.97. The van der Waals surface area contributed by atoms with Crippen LogP contribution in [0.5, 0.6) is 0 Å². The van der Waals surface area contributed by atoms with Gasteiger partial charge < -0.3 is 11.5 Å². The number of piperazine rings is 3. The van der Waals surface area contributed by atoms with Gasteiger partial charge in [0.15, 0.2) is 0 Å². The van der Waals surface area contributed by atoms with Crippen LogP contribution in [-0.4, -0.2) is 55.1 Å². The largest absolute Gasteiger partial charge is 0.352 e. The number of nitrogens with two attached hydrogens (primary N) is 2. The lowest BCUT2D eigenvalue weighted by atomic mass is 10.2. The monoisotopic (exact) mass is 172 g/mol. The fourth-order valence-corrected chi connectivity index (χ4v) is 1.52. The van der Waals surface area contributed by atoms with Crippen molar-refractivity contribution in [1.82, 2.24) is 9.80 Å². The van der Waals surface area contributed by atoms with Crippen LogP contribution in [-0.2, 0) is 0 Å². The number of hydrogen-bond donors (Lipinski definition) is 2. The van der Waals surface area contributed by atoms with Gasteiger partial charge in [-0.2, -0.15) is 0 Å². The Kier molecular flexibility index (Phi) is 3.31. The Morgan fingerprint density at radius 2 is 1.00 bits per heavy atom. The number of fused-ring (bicyclic) bond motifs is 3. The fourth-order valence-electron chi connectivity index (χ4n) is 1.52. The van der Waals surface area contributed by atoms with Crippen LogP contribution in [0.25, 0.3) is 0 Å². The first-order valence-corrected chi connectivity index (χ1v) is 4.18. The molecule has 2 amide bonds. The van der Waals surface area contributed by atoms with Crippen molar-refractivity contribution < 1.29 is 4.79 Å². The molecule has 0 spiro atoms. The molecule has 12 heavy (non-hydrogen) atoms. The molecular weight excluding hydrogens is 156 g/mol. The molecule has 70 valence electrons. The van der Waals surface area contributed by atoms with Gasteiger partial charge in [0.1, 0.15) is 0 Å². The third-order valence-electron chi connectivity index (χ3n) is 2.20. The number of carbonyl (C=O) groups is 1. The van der Waals surface area contributed by atoms with Crippen molar-refractivity contribution in [3.8, 4) is 0 Å². The number of nitrogens with zero attached hydrogens (tertiary/aromatic N) is 2. The summed E-state index contributed by atoms with van der Waals surface area (Å²) in [5, 5.41) is 0. The van der Waals surface area contributed by atoms with Gasteiger partial charge in [-0.15, -0.1) is 0 Å². The van der Waals surface area contributed by atoms with E-state index < -0.39 is 6.03 Å². The molecule has 0 radical (unpaired) electrons. The second-order valence-electron chi connectivity index (χ2n) is 3.09. The van der Waals surface area contributed by atoms with Crippen LogP contribution in [0.4, 0.5) is 4.79 Å². The minimum absolute atomic E-state index is 0.833. The predicted molar refractivity (Wildman–Crippen MR) is 46.7 cm³/mol. The van der Waals surface area contributed by atoms with Crippen molar-refractivity contribution in [3.05, 3.63) is 0 Å². The van der Waals surface area contributed by atoms with Crippen molar-refractivity contribution >= 4 is 6.03 Å². The summed E-state index contributed by atoms with van der Waals surface area (Å²) < 4.78 is 0. The molecule has 0 aliphatic carbocycles. The van der Waals surface area contributed by atoms with E-state index in [1.54, 1.807) is 0 Å². The molecule has 5 heteroatoms. The van der Waals surface area contributed by atoms with Crippen molar-refractivity contribution in [3.63, 3.8) is 0 Å². The molecular formula is C7H16N4O. The maximum Gasteiger partial charge on any atom is 0.309 e. The van der Waals surface area contributed by atoms with Crippen molar-refractivity contribution in [2.75, 3.05) is 39.3 Å². The summed E-state index contributed by atoms with van der Waals surface area (Å²) in [6, 6.07) is -0.833. The van der Waals surface area contributed by atoms with Gasteiger partial charge in [0.25, 0.3) is 0 Å². The van der Waals surface area contributed by atoms with E-state index in [2.05, 4.69) is 21.3 Å². The first kappa shape index (κ1) is 9.28. The van der Waals surface area contributed by atoms with Crippen LogP contribution in [0.3, 0.4) is 0 Å². The van der Waals surface area contributed by atoms with Crippen molar-refractivity contribution in [2.45, 2.75) is 0 Å². The lowest BCUT2D eigenvalue weighted by Crippen LogP contribution is -2.55. The Bertz CT molecular complexity index is 126. The highest BCUT2D eigenvalue weighted by Crippen LogP contribution is 2.06. The van der Waals surface area contributed by atoms with E-state index in [1.807, 2.05) is 0 Å². The highest BCUT2D eigenvalue weighted by atomic mass is 16.2. The number of primary amides is 2. The molecule has 0 aromatic carbocycles. The highest BCUT2D eigenvalue weighted by Gasteiger charge is 2.21. The summed E-state index contributed by atoms with van der Waals surface area (Å²) in [7, 11) is 0. The Morgan fingerprint density at radius 3 is 1.08 bits per heavy atom. The van der Waals surface area contributed by atoms with Gasteiger partial charge in [0.2, 0.25) is 0 Å². The smallest absolute Gasteiger partial charge is 0.309 e. The van der Waals surface area contributed by atoms with Crippen LogP contribution in [0, 0.1) is 0 Å². The van der Waals surface area contributed by atoms with E-state index in [4.69, 9.17) is 4.79 Å². The molecule has 0 atom stereocenters.